The number of hydrogen-bond donors (Lipinski definition) is 1. The van der Waals surface area contributed by atoms with E-state index in [2.05, 4.69) is 76.5 Å². The van der Waals surface area contributed by atoms with Crippen molar-refractivity contribution in [3.63, 3.8) is 0 Å². The van der Waals surface area contributed by atoms with Crippen molar-refractivity contribution in [3.8, 4) is 0 Å². The van der Waals surface area contributed by atoms with Gasteiger partial charge in [0.05, 0.1) is 11.7 Å². The summed E-state index contributed by atoms with van der Waals surface area (Å²) in [6.07, 6.45) is 14.0. The lowest BCUT2D eigenvalue weighted by Gasteiger charge is -2.72. The number of rotatable bonds is 9. The Bertz CT molecular complexity index is 1730. The molecule has 0 radical (unpaired) electrons. The second kappa shape index (κ2) is 15.7. The monoisotopic (exact) mass is 798 g/mol. The average molecular weight is 798 g/mol. The van der Waals surface area contributed by atoms with Crippen molar-refractivity contribution >= 4 is 17.6 Å². The van der Waals surface area contributed by atoms with Gasteiger partial charge in [-0.1, -0.05) is 65.0 Å². The van der Waals surface area contributed by atoms with Gasteiger partial charge in [0.2, 0.25) is 0 Å². The van der Waals surface area contributed by atoms with Crippen LogP contribution in [0.25, 0.3) is 5.57 Å². The average Bonchev–Trinajstić information content (AvgIpc) is 3.53. The number of amides is 1. The van der Waals surface area contributed by atoms with Gasteiger partial charge in [-0.25, -0.2) is 9.59 Å². The van der Waals surface area contributed by atoms with Gasteiger partial charge in [0.25, 0.3) is 0 Å². The van der Waals surface area contributed by atoms with Crippen LogP contribution >= 0.6 is 0 Å². The van der Waals surface area contributed by atoms with Crippen LogP contribution in [0.15, 0.2) is 42.5 Å². The van der Waals surface area contributed by atoms with Crippen molar-refractivity contribution in [1.82, 2.24) is 15.1 Å². The van der Waals surface area contributed by atoms with Crippen LogP contribution in [0.2, 0.25) is 0 Å². The molecule has 6 aliphatic rings. The summed E-state index contributed by atoms with van der Waals surface area (Å²) in [7, 11) is 0. The van der Waals surface area contributed by atoms with Crippen molar-refractivity contribution in [3.05, 3.63) is 53.6 Å². The molecule has 1 aromatic carbocycles. The van der Waals surface area contributed by atoms with Crippen LogP contribution in [0.1, 0.15) is 150 Å². The number of carbonyl (C=O) groups is 2. The van der Waals surface area contributed by atoms with E-state index < -0.39 is 5.60 Å². The highest BCUT2D eigenvalue weighted by atomic mass is 16.6. The molecule has 7 heteroatoms. The minimum atomic E-state index is -0.456. The predicted octanol–water partition coefficient (Wildman–Crippen LogP) is 11.0. The number of fused-ring (bicyclic) bond motifs is 7. The second-order valence-corrected chi connectivity index (χ2v) is 22.6. The Balaban J connectivity index is 1.04. The molecule has 1 aliphatic heterocycles. The van der Waals surface area contributed by atoms with E-state index in [0.29, 0.717) is 45.5 Å². The highest BCUT2D eigenvalue weighted by molar-refractivity contribution is 5.90. The zero-order valence-electron chi connectivity index (χ0n) is 38.4. The summed E-state index contributed by atoms with van der Waals surface area (Å²) in [5.41, 5.74) is 5.57. The number of nitrogens with zero attached hydrogens (tertiary/aromatic N) is 2. The fraction of sp³-hybridized carbons (Fsp3) is 0.765. The highest BCUT2D eigenvalue weighted by Crippen LogP contribution is 2.77. The molecule has 7 nitrogen and oxygen atoms in total. The predicted molar refractivity (Wildman–Crippen MR) is 236 cm³/mol. The number of nitrogens with one attached hydrogen (secondary N) is 1. The van der Waals surface area contributed by atoms with E-state index in [1.54, 1.807) is 0 Å². The number of carbonyl (C=O) groups excluding carboxylic acids is 2. The smallest absolute Gasteiger partial charge is 0.410 e. The molecule has 0 unspecified atom stereocenters. The minimum Gasteiger partial charge on any atom is -0.459 e. The van der Waals surface area contributed by atoms with Gasteiger partial charge in [-0.3, -0.25) is 4.90 Å². The van der Waals surface area contributed by atoms with Crippen molar-refractivity contribution in [2.45, 2.75) is 146 Å². The normalized spacial score (nSPS) is 37.2. The van der Waals surface area contributed by atoms with E-state index in [9.17, 15) is 9.59 Å². The first-order valence-corrected chi connectivity index (χ1v) is 23.2. The fourth-order valence-electron chi connectivity index (χ4n) is 14.8. The molecule has 58 heavy (non-hydrogen) atoms. The van der Waals surface area contributed by atoms with Crippen LogP contribution in [-0.4, -0.2) is 79.4 Å². The van der Waals surface area contributed by atoms with Crippen LogP contribution < -0.4 is 5.32 Å². The molecule has 1 saturated heterocycles. The largest absolute Gasteiger partial charge is 0.459 e. The first kappa shape index (κ1) is 43.4. The third kappa shape index (κ3) is 7.53. The molecule has 1 aromatic rings. The quantitative estimate of drug-likeness (QED) is 0.152. The molecule has 1 amide bonds. The second-order valence-electron chi connectivity index (χ2n) is 22.6. The van der Waals surface area contributed by atoms with Gasteiger partial charge in [0.1, 0.15) is 5.60 Å². The molecule has 0 spiro atoms. The summed E-state index contributed by atoms with van der Waals surface area (Å²) in [6.45, 7) is 36.3. The maximum absolute atomic E-state index is 12.6. The summed E-state index contributed by atoms with van der Waals surface area (Å²) in [5.74, 6) is 3.14. The van der Waals surface area contributed by atoms with Crippen molar-refractivity contribution in [2.24, 2.45) is 56.7 Å². The van der Waals surface area contributed by atoms with Crippen molar-refractivity contribution in [1.29, 1.82) is 0 Å². The standard InChI is InChI=1S/C51H79N3O4/c1-34(2)38-19-24-51(33-52-27-28-53-29-31-54(32-30-53)45(56)58-46(5,6)7)26-25-49(11)40(43(38)51)17-18-42-48(10)22-20-39(47(8,9)41(48)21-23-50(42,49)12)36-13-15-37(16-14-36)44(55)57-35(3)4/h13-16,20,35,38,40-43,52H,1,17-19,21-33H2,2-12H3/t38-,40+,41-,42+,43+,48-,49+,50+,51+/m0/s1. The van der Waals surface area contributed by atoms with Gasteiger partial charge in [-0.2, -0.15) is 0 Å². The van der Waals surface area contributed by atoms with E-state index in [4.69, 9.17) is 9.47 Å². The Kier molecular flexibility index (Phi) is 11.7. The van der Waals surface area contributed by atoms with Gasteiger partial charge in [-0.15, -0.1) is 0 Å². The topological polar surface area (TPSA) is 71.1 Å². The third-order valence-corrected chi connectivity index (χ3v) is 17.7. The van der Waals surface area contributed by atoms with Crippen molar-refractivity contribution in [2.75, 3.05) is 45.8 Å². The van der Waals surface area contributed by atoms with E-state index >= 15 is 0 Å². The Morgan fingerprint density at radius 3 is 2.21 bits per heavy atom. The summed E-state index contributed by atoms with van der Waals surface area (Å²) < 4.78 is 11.1. The molecule has 0 aromatic heterocycles. The molecular weight excluding hydrogens is 719 g/mol. The Morgan fingerprint density at radius 2 is 1.57 bits per heavy atom. The van der Waals surface area contributed by atoms with E-state index in [1.807, 2.05) is 51.7 Å². The van der Waals surface area contributed by atoms with Gasteiger partial charge in [-0.05, 0) is 179 Å². The number of hydrogen-bond acceptors (Lipinski definition) is 6. The molecule has 5 aliphatic carbocycles. The zero-order chi connectivity index (χ0) is 42.1. The zero-order valence-corrected chi connectivity index (χ0v) is 38.4. The lowest BCUT2D eigenvalue weighted by molar-refractivity contribution is -0.225. The Hall–Kier alpha value is -2.64. The first-order chi connectivity index (χ1) is 27.1. The number of ether oxygens (including phenoxy) is 2. The van der Waals surface area contributed by atoms with Gasteiger partial charge in [0, 0.05) is 45.8 Å². The van der Waals surface area contributed by atoms with Crippen LogP contribution in [0.5, 0.6) is 0 Å². The molecule has 322 valence electrons. The number of piperazine rings is 1. The van der Waals surface area contributed by atoms with E-state index in [-0.39, 0.29) is 29.0 Å². The highest BCUT2D eigenvalue weighted by Gasteiger charge is 2.70. The van der Waals surface area contributed by atoms with Crippen LogP contribution in [-0.2, 0) is 9.47 Å². The summed E-state index contributed by atoms with van der Waals surface area (Å²) in [5, 5.41) is 4.04. The molecule has 1 heterocycles. The lowest BCUT2D eigenvalue weighted by Crippen LogP contribution is -2.66. The van der Waals surface area contributed by atoms with Crippen LogP contribution in [0.3, 0.4) is 0 Å². The lowest BCUT2D eigenvalue weighted by atomic mass is 9.32. The molecule has 0 bridgehead atoms. The maximum Gasteiger partial charge on any atom is 0.410 e. The Morgan fingerprint density at radius 1 is 0.879 bits per heavy atom. The summed E-state index contributed by atoms with van der Waals surface area (Å²) in [6, 6.07) is 8.23. The molecule has 5 fully saturated rings. The number of esters is 1. The first-order valence-electron chi connectivity index (χ1n) is 23.2. The van der Waals surface area contributed by atoms with Gasteiger partial charge in [0.15, 0.2) is 0 Å². The van der Waals surface area contributed by atoms with Gasteiger partial charge < -0.3 is 19.7 Å². The van der Waals surface area contributed by atoms with E-state index in [1.165, 1.54) is 68.1 Å². The summed E-state index contributed by atoms with van der Waals surface area (Å²) >= 11 is 0. The van der Waals surface area contributed by atoms with Gasteiger partial charge >= 0.3 is 12.1 Å². The summed E-state index contributed by atoms with van der Waals surface area (Å²) in [4.78, 5) is 29.6. The fourth-order valence-corrected chi connectivity index (χ4v) is 14.8. The van der Waals surface area contributed by atoms with Crippen LogP contribution in [0.4, 0.5) is 4.79 Å². The molecule has 9 atom stereocenters. The maximum atomic E-state index is 12.6. The van der Waals surface area contributed by atoms with Crippen LogP contribution in [0, 0.1) is 56.7 Å². The molecule has 4 saturated carbocycles. The SMILES string of the molecule is C=C(C)[C@@H]1CC[C@]2(CNCCN3CCN(C(=O)OC(C)(C)C)CC3)CC[C@]3(C)[C@H](CC[C@@H]4[C@@]5(C)CC=C(c6ccc(C(=O)OC(C)C)cc6)C(C)(C)[C@@H]5CC[C@]43C)[C@@H]12. The van der Waals surface area contributed by atoms with E-state index in [0.717, 1.165) is 58.2 Å². The third-order valence-electron chi connectivity index (χ3n) is 17.7. The Labute approximate surface area is 352 Å². The number of allylic oxidation sites excluding steroid dienone is 3. The molecule has 7 rings (SSSR count). The van der Waals surface area contributed by atoms with Crippen molar-refractivity contribution < 1.29 is 19.1 Å². The number of benzene rings is 1. The molecule has 1 N–H and O–H groups in total. The minimum absolute atomic E-state index is 0.0433. The molecular formula is C51H79N3O4.